The first-order chi connectivity index (χ1) is 9.08. The first kappa shape index (κ1) is 12.7. The second kappa shape index (κ2) is 5.29. The molecule has 0 aromatic carbocycles. The van der Waals surface area contributed by atoms with Crippen LogP contribution >= 0.6 is 0 Å². The maximum Gasteiger partial charge on any atom is 0.306 e. The van der Waals surface area contributed by atoms with Crippen LogP contribution in [0.1, 0.15) is 10.5 Å². The minimum absolute atomic E-state index is 0.0713. The van der Waals surface area contributed by atoms with Gasteiger partial charge in [-0.05, 0) is 6.07 Å². The van der Waals surface area contributed by atoms with E-state index < -0.39 is 4.92 Å². The van der Waals surface area contributed by atoms with Gasteiger partial charge < -0.3 is 5.32 Å². The van der Waals surface area contributed by atoms with E-state index in [2.05, 4.69) is 15.5 Å². The molecule has 100 valence electrons. The normalized spacial score (nSPS) is 10.4. The number of hydrogen-bond acceptors (Lipinski definition) is 5. The Morgan fingerprint density at radius 3 is 2.89 bits per heavy atom. The molecule has 0 bridgehead atoms. The van der Waals surface area contributed by atoms with E-state index in [0.717, 1.165) is 0 Å². The molecule has 1 N–H and O–H groups in total. The highest BCUT2D eigenvalue weighted by molar-refractivity contribution is 5.92. The first-order valence-electron chi connectivity index (χ1n) is 5.51. The summed E-state index contributed by atoms with van der Waals surface area (Å²) in [6.45, 7) is 0.681. The smallest absolute Gasteiger partial charge is 0.306 e. The molecular weight excluding hydrogens is 252 g/mol. The number of carbonyl (C=O) groups excluding carboxylic acids is 1. The number of carbonyl (C=O) groups is 1. The van der Waals surface area contributed by atoms with Crippen LogP contribution in [-0.4, -0.2) is 36.9 Å². The Morgan fingerprint density at radius 2 is 2.32 bits per heavy atom. The number of nitrogens with one attached hydrogen (secondary N) is 1. The van der Waals surface area contributed by atoms with Crippen LogP contribution in [0.5, 0.6) is 0 Å². The number of rotatable bonds is 5. The lowest BCUT2D eigenvalue weighted by atomic mass is 10.4. The van der Waals surface area contributed by atoms with Crippen molar-refractivity contribution >= 4 is 11.6 Å². The molecule has 2 heterocycles. The predicted molar refractivity (Wildman–Crippen MR) is 64.4 cm³/mol. The topological polar surface area (TPSA) is 108 Å². The number of nitrogens with zero attached hydrogens (tertiary/aromatic N) is 5. The SMILES string of the molecule is Cn1nccc1C(=O)NCCn1cc([N+](=O)[O-])cn1. The summed E-state index contributed by atoms with van der Waals surface area (Å²) in [5.74, 6) is -0.248. The largest absolute Gasteiger partial charge is 0.349 e. The molecule has 1 amide bonds. The van der Waals surface area contributed by atoms with E-state index in [9.17, 15) is 14.9 Å². The maximum atomic E-state index is 11.7. The zero-order valence-corrected chi connectivity index (χ0v) is 10.2. The third-order valence-corrected chi connectivity index (χ3v) is 2.51. The fourth-order valence-electron chi connectivity index (χ4n) is 1.54. The van der Waals surface area contributed by atoms with Crippen molar-refractivity contribution in [1.82, 2.24) is 24.9 Å². The summed E-state index contributed by atoms with van der Waals surface area (Å²) >= 11 is 0. The summed E-state index contributed by atoms with van der Waals surface area (Å²) in [4.78, 5) is 21.7. The van der Waals surface area contributed by atoms with Crippen LogP contribution in [-0.2, 0) is 13.6 Å². The Morgan fingerprint density at radius 1 is 1.53 bits per heavy atom. The lowest BCUT2D eigenvalue weighted by Crippen LogP contribution is -2.29. The van der Waals surface area contributed by atoms with E-state index in [-0.39, 0.29) is 11.6 Å². The van der Waals surface area contributed by atoms with Gasteiger partial charge in [-0.2, -0.15) is 10.2 Å². The molecule has 0 unspecified atom stereocenters. The number of amides is 1. The minimum atomic E-state index is -0.516. The summed E-state index contributed by atoms with van der Waals surface area (Å²) in [6.07, 6.45) is 4.02. The Kier molecular flexibility index (Phi) is 3.55. The first-order valence-corrected chi connectivity index (χ1v) is 5.51. The second-order valence-electron chi connectivity index (χ2n) is 3.81. The fraction of sp³-hybridized carbons (Fsp3) is 0.300. The van der Waals surface area contributed by atoms with Gasteiger partial charge in [0.25, 0.3) is 5.91 Å². The summed E-state index contributed by atoms with van der Waals surface area (Å²) in [6, 6.07) is 1.61. The van der Waals surface area contributed by atoms with Crippen molar-refractivity contribution in [3.05, 3.63) is 40.5 Å². The Labute approximate surface area is 108 Å². The molecule has 0 saturated carbocycles. The molecule has 0 spiro atoms. The molecule has 0 aliphatic carbocycles. The van der Waals surface area contributed by atoms with E-state index in [1.54, 1.807) is 13.1 Å². The molecule has 0 saturated heterocycles. The summed E-state index contributed by atoms with van der Waals surface area (Å²) < 4.78 is 2.87. The summed E-state index contributed by atoms with van der Waals surface area (Å²) in [5.41, 5.74) is 0.379. The molecular formula is C10H12N6O3. The van der Waals surface area contributed by atoms with Crippen molar-refractivity contribution in [3.63, 3.8) is 0 Å². The van der Waals surface area contributed by atoms with Crippen LogP contribution in [0.2, 0.25) is 0 Å². The monoisotopic (exact) mass is 264 g/mol. The van der Waals surface area contributed by atoms with Gasteiger partial charge in [0.15, 0.2) is 0 Å². The zero-order valence-electron chi connectivity index (χ0n) is 10.2. The average molecular weight is 264 g/mol. The molecule has 0 aliphatic heterocycles. The van der Waals surface area contributed by atoms with E-state index in [4.69, 9.17) is 0 Å². The highest BCUT2D eigenvalue weighted by atomic mass is 16.6. The molecule has 2 aromatic rings. The van der Waals surface area contributed by atoms with Crippen molar-refractivity contribution in [2.75, 3.05) is 6.54 Å². The van der Waals surface area contributed by atoms with Gasteiger partial charge in [0, 0.05) is 19.8 Å². The highest BCUT2D eigenvalue weighted by Gasteiger charge is 2.10. The second-order valence-corrected chi connectivity index (χ2v) is 3.81. The molecule has 0 fully saturated rings. The minimum Gasteiger partial charge on any atom is -0.349 e. The number of aryl methyl sites for hydroxylation is 1. The highest BCUT2D eigenvalue weighted by Crippen LogP contribution is 2.07. The summed E-state index contributed by atoms with van der Waals surface area (Å²) in [5, 5.41) is 20.9. The molecule has 2 aromatic heterocycles. The Bertz CT molecular complexity index is 602. The van der Waals surface area contributed by atoms with Crippen LogP contribution in [0.25, 0.3) is 0 Å². The molecule has 9 nitrogen and oxygen atoms in total. The van der Waals surface area contributed by atoms with Crippen LogP contribution in [0, 0.1) is 10.1 Å². The molecule has 9 heteroatoms. The van der Waals surface area contributed by atoms with Gasteiger partial charge in [-0.1, -0.05) is 0 Å². The maximum absolute atomic E-state index is 11.7. The molecule has 2 rings (SSSR count). The van der Waals surface area contributed by atoms with Gasteiger partial charge in [-0.15, -0.1) is 0 Å². The number of aromatic nitrogens is 4. The Balaban J connectivity index is 1.85. The van der Waals surface area contributed by atoms with E-state index >= 15 is 0 Å². The van der Waals surface area contributed by atoms with Crippen LogP contribution in [0.3, 0.4) is 0 Å². The standard InChI is InChI=1S/C10H12N6O3/c1-14-9(2-3-12-14)10(17)11-4-5-15-7-8(6-13-15)16(18)19/h2-3,6-7H,4-5H2,1H3,(H,11,17). The van der Waals surface area contributed by atoms with Crippen molar-refractivity contribution in [2.45, 2.75) is 6.54 Å². The van der Waals surface area contributed by atoms with Gasteiger partial charge in [-0.25, -0.2) is 0 Å². The third-order valence-electron chi connectivity index (χ3n) is 2.51. The van der Waals surface area contributed by atoms with Crippen LogP contribution < -0.4 is 5.32 Å². The predicted octanol–water partition coefficient (Wildman–Crippen LogP) is -0.0452. The third kappa shape index (κ3) is 2.94. The van der Waals surface area contributed by atoms with Crippen molar-refractivity contribution in [1.29, 1.82) is 0 Å². The van der Waals surface area contributed by atoms with Gasteiger partial charge in [0.2, 0.25) is 0 Å². The summed E-state index contributed by atoms with van der Waals surface area (Å²) in [7, 11) is 1.67. The van der Waals surface area contributed by atoms with E-state index in [1.807, 2.05) is 0 Å². The van der Waals surface area contributed by atoms with Gasteiger partial charge in [0.1, 0.15) is 18.1 Å². The van der Waals surface area contributed by atoms with E-state index in [0.29, 0.717) is 18.8 Å². The van der Waals surface area contributed by atoms with Gasteiger partial charge >= 0.3 is 5.69 Å². The van der Waals surface area contributed by atoms with Gasteiger partial charge in [0.05, 0.1) is 11.5 Å². The molecule has 0 radical (unpaired) electrons. The van der Waals surface area contributed by atoms with Gasteiger partial charge in [-0.3, -0.25) is 24.3 Å². The van der Waals surface area contributed by atoms with Crippen molar-refractivity contribution in [2.24, 2.45) is 7.05 Å². The number of nitro groups is 1. The molecule has 0 atom stereocenters. The van der Waals surface area contributed by atoms with Crippen molar-refractivity contribution in [3.8, 4) is 0 Å². The van der Waals surface area contributed by atoms with Crippen LogP contribution in [0.4, 0.5) is 5.69 Å². The van der Waals surface area contributed by atoms with Crippen molar-refractivity contribution < 1.29 is 9.72 Å². The fourth-order valence-corrected chi connectivity index (χ4v) is 1.54. The zero-order chi connectivity index (χ0) is 13.8. The lowest BCUT2D eigenvalue weighted by molar-refractivity contribution is -0.385. The lowest BCUT2D eigenvalue weighted by Gasteiger charge is -2.05. The average Bonchev–Trinajstić information content (AvgIpc) is 2.97. The van der Waals surface area contributed by atoms with E-state index in [1.165, 1.54) is 28.0 Å². The quantitative estimate of drug-likeness (QED) is 0.602. The number of hydrogen-bond donors (Lipinski definition) is 1. The molecule has 19 heavy (non-hydrogen) atoms. The van der Waals surface area contributed by atoms with Crippen LogP contribution in [0.15, 0.2) is 24.7 Å². The molecule has 0 aliphatic rings. The Hall–Kier alpha value is -2.71.